The van der Waals surface area contributed by atoms with Crippen LogP contribution in [0, 0.1) is 0 Å². The van der Waals surface area contributed by atoms with E-state index in [0.717, 1.165) is 0 Å². The minimum Gasteiger partial charge on any atom is -0.461 e. The lowest BCUT2D eigenvalue weighted by Gasteiger charge is -2.26. The zero-order chi connectivity index (χ0) is 18.6. The fourth-order valence-corrected chi connectivity index (χ4v) is 3.39. The van der Waals surface area contributed by atoms with Crippen molar-refractivity contribution in [1.29, 1.82) is 0 Å². The van der Waals surface area contributed by atoms with Crippen LogP contribution in [0.25, 0.3) is 0 Å². The fourth-order valence-electron chi connectivity index (χ4n) is 2.13. The van der Waals surface area contributed by atoms with Crippen LogP contribution in [0.15, 0.2) is 23.6 Å². The number of esters is 1. The molecule has 1 amide bonds. The lowest BCUT2D eigenvalue weighted by atomic mass is 10.1. The van der Waals surface area contributed by atoms with Gasteiger partial charge >= 0.3 is 5.97 Å². The molecule has 1 aromatic heterocycles. The third-order valence-corrected chi connectivity index (χ3v) is 4.77. The molecular formula is C17H18Cl2N2O3S. The van der Waals surface area contributed by atoms with Crippen LogP contribution in [-0.4, -0.2) is 34.4 Å². The van der Waals surface area contributed by atoms with Gasteiger partial charge in [0.25, 0.3) is 5.91 Å². The molecule has 2 aromatic rings. The van der Waals surface area contributed by atoms with E-state index in [9.17, 15) is 9.59 Å². The second-order valence-electron chi connectivity index (χ2n) is 5.50. The Kier molecular flexibility index (Phi) is 6.81. The molecule has 0 N–H and O–H groups in total. The first-order valence-electron chi connectivity index (χ1n) is 7.71. The third kappa shape index (κ3) is 4.93. The Morgan fingerprint density at radius 2 is 2.04 bits per heavy atom. The molecule has 0 fully saturated rings. The average Bonchev–Trinajstić information content (AvgIpc) is 3.01. The first-order valence-corrected chi connectivity index (χ1v) is 9.34. The predicted molar refractivity (Wildman–Crippen MR) is 99.5 cm³/mol. The lowest BCUT2D eigenvalue weighted by Crippen LogP contribution is -2.36. The Balaban J connectivity index is 2.21. The number of hydrogen-bond donors (Lipinski definition) is 0. The van der Waals surface area contributed by atoms with Gasteiger partial charge in [0.15, 0.2) is 5.69 Å². The van der Waals surface area contributed by atoms with Crippen molar-refractivity contribution in [3.63, 3.8) is 0 Å². The highest BCUT2D eigenvalue weighted by Crippen LogP contribution is 2.24. The molecule has 0 atom stereocenters. The Hall–Kier alpha value is -1.63. The van der Waals surface area contributed by atoms with Gasteiger partial charge in [-0.05, 0) is 39.0 Å². The van der Waals surface area contributed by atoms with E-state index in [1.807, 2.05) is 13.8 Å². The average molecular weight is 401 g/mol. The smallest absolute Gasteiger partial charge is 0.357 e. The number of aromatic nitrogens is 1. The summed E-state index contributed by atoms with van der Waals surface area (Å²) in [6.45, 7) is 6.11. The van der Waals surface area contributed by atoms with Crippen molar-refractivity contribution in [3.05, 3.63) is 49.9 Å². The Morgan fingerprint density at radius 1 is 1.32 bits per heavy atom. The molecule has 1 heterocycles. The van der Waals surface area contributed by atoms with Gasteiger partial charge in [0, 0.05) is 16.4 Å². The molecule has 0 aliphatic rings. The van der Waals surface area contributed by atoms with Gasteiger partial charge in [-0.3, -0.25) is 4.79 Å². The van der Waals surface area contributed by atoms with Gasteiger partial charge in [0.05, 0.1) is 23.7 Å². The topological polar surface area (TPSA) is 59.5 Å². The van der Waals surface area contributed by atoms with Crippen LogP contribution in [-0.2, 0) is 11.3 Å². The minimum atomic E-state index is -0.465. The molecule has 0 spiro atoms. The number of benzene rings is 1. The number of ether oxygens (including phenoxy) is 1. The van der Waals surface area contributed by atoms with Crippen molar-refractivity contribution in [2.24, 2.45) is 0 Å². The number of thiazole rings is 1. The van der Waals surface area contributed by atoms with E-state index < -0.39 is 5.97 Å². The molecule has 0 bridgehead atoms. The standard InChI is InChI=1S/C17H18Cl2N2O3S/c1-4-24-17(23)14-9-25-15(20-14)8-21(10(2)3)16(22)12-6-5-11(18)7-13(12)19/h5-7,9-10H,4,8H2,1-3H3. The van der Waals surface area contributed by atoms with Crippen LogP contribution in [0.2, 0.25) is 10.0 Å². The number of carbonyl (C=O) groups is 2. The van der Waals surface area contributed by atoms with Gasteiger partial charge in [-0.1, -0.05) is 23.2 Å². The zero-order valence-electron chi connectivity index (χ0n) is 14.1. The van der Waals surface area contributed by atoms with E-state index in [4.69, 9.17) is 27.9 Å². The molecule has 0 radical (unpaired) electrons. The summed E-state index contributed by atoms with van der Waals surface area (Å²) in [6, 6.07) is 4.70. The number of rotatable bonds is 6. The van der Waals surface area contributed by atoms with Gasteiger partial charge in [0.1, 0.15) is 5.01 Å². The zero-order valence-corrected chi connectivity index (χ0v) is 16.4. The summed E-state index contributed by atoms with van der Waals surface area (Å²) < 4.78 is 4.93. The molecule has 134 valence electrons. The monoisotopic (exact) mass is 400 g/mol. The van der Waals surface area contributed by atoms with Crippen molar-refractivity contribution >= 4 is 46.4 Å². The molecule has 8 heteroatoms. The first-order chi connectivity index (χ1) is 11.8. The molecule has 5 nitrogen and oxygen atoms in total. The van der Waals surface area contributed by atoms with Gasteiger partial charge in [-0.2, -0.15) is 0 Å². The Labute approximate surface area is 160 Å². The third-order valence-electron chi connectivity index (χ3n) is 3.39. The largest absolute Gasteiger partial charge is 0.461 e. The van der Waals surface area contributed by atoms with Gasteiger partial charge in [-0.25, -0.2) is 9.78 Å². The van der Waals surface area contributed by atoms with E-state index in [0.29, 0.717) is 20.6 Å². The van der Waals surface area contributed by atoms with Gasteiger partial charge in [0.2, 0.25) is 0 Å². The normalized spacial score (nSPS) is 10.8. The molecule has 0 aliphatic heterocycles. The molecular weight excluding hydrogens is 383 g/mol. The van der Waals surface area contributed by atoms with E-state index in [1.54, 1.807) is 29.3 Å². The molecule has 0 unspecified atom stereocenters. The molecule has 0 saturated carbocycles. The van der Waals surface area contributed by atoms with Crippen molar-refractivity contribution < 1.29 is 14.3 Å². The highest BCUT2D eigenvalue weighted by atomic mass is 35.5. The van der Waals surface area contributed by atoms with Gasteiger partial charge < -0.3 is 9.64 Å². The number of amides is 1. The maximum atomic E-state index is 12.8. The quantitative estimate of drug-likeness (QED) is 0.660. The second-order valence-corrected chi connectivity index (χ2v) is 7.28. The maximum Gasteiger partial charge on any atom is 0.357 e. The van der Waals surface area contributed by atoms with E-state index in [2.05, 4.69) is 4.98 Å². The second kappa shape index (κ2) is 8.65. The summed E-state index contributed by atoms with van der Waals surface area (Å²) in [5.74, 6) is -0.683. The Morgan fingerprint density at radius 3 is 2.64 bits per heavy atom. The summed E-state index contributed by atoms with van der Waals surface area (Å²) in [7, 11) is 0. The summed E-state index contributed by atoms with van der Waals surface area (Å²) >= 11 is 13.3. The molecule has 1 aromatic carbocycles. The number of carbonyl (C=O) groups excluding carboxylic acids is 2. The highest BCUT2D eigenvalue weighted by Gasteiger charge is 2.23. The summed E-state index contributed by atoms with van der Waals surface area (Å²) in [5, 5.41) is 3.05. The minimum absolute atomic E-state index is 0.0748. The van der Waals surface area contributed by atoms with Crippen LogP contribution in [0.3, 0.4) is 0 Å². The van der Waals surface area contributed by atoms with Gasteiger partial charge in [-0.15, -0.1) is 11.3 Å². The van der Waals surface area contributed by atoms with Crippen LogP contribution in [0.1, 0.15) is 46.6 Å². The number of nitrogens with zero attached hydrogens (tertiary/aromatic N) is 2. The summed E-state index contributed by atoms with van der Waals surface area (Å²) in [5.41, 5.74) is 0.629. The van der Waals surface area contributed by atoms with Crippen molar-refractivity contribution in [2.45, 2.75) is 33.4 Å². The van der Waals surface area contributed by atoms with Crippen molar-refractivity contribution in [3.8, 4) is 0 Å². The van der Waals surface area contributed by atoms with E-state index in [1.165, 1.54) is 17.4 Å². The summed E-state index contributed by atoms with van der Waals surface area (Å²) in [4.78, 5) is 30.5. The predicted octanol–water partition coefficient (Wildman–Crippen LogP) is 4.68. The molecule has 0 saturated heterocycles. The van der Waals surface area contributed by atoms with Crippen molar-refractivity contribution in [2.75, 3.05) is 6.61 Å². The van der Waals surface area contributed by atoms with Crippen LogP contribution < -0.4 is 0 Å². The molecule has 25 heavy (non-hydrogen) atoms. The van der Waals surface area contributed by atoms with E-state index in [-0.39, 0.29) is 30.8 Å². The SMILES string of the molecule is CCOC(=O)c1csc(CN(C(=O)c2ccc(Cl)cc2Cl)C(C)C)n1. The van der Waals surface area contributed by atoms with Crippen LogP contribution >= 0.6 is 34.5 Å². The fraction of sp³-hybridized carbons (Fsp3) is 0.353. The van der Waals surface area contributed by atoms with Crippen LogP contribution in [0.5, 0.6) is 0 Å². The lowest BCUT2D eigenvalue weighted by molar-refractivity contribution is 0.0520. The first kappa shape index (κ1) is 19.7. The van der Waals surface area contributed by atoms with Crippen molar-refractivity contribution in [1.82, 2.24) is 9.88 Å². The molecule has 2 rings (SSSR count). The highest BCUT2D eigenvalue weighted by molar-refractivity contribution is 7.09. The summed E-state index contributed by atoms with van der Waals surface area (Å²) in [6.07, 6.45) is 0. The van der Waals surface area contributed by atoms with Crippen LogP contribution in [0.4, 0.5) is 0 Å². The number of halogens is 2. The van der Waals surface area contributed by atoms with E-state index >= 15 is 0 Å². The molecule has 0 aliphatic carbocycles. The maximum absolute atomic E-state index is 12.8. The number of hydrogen-bond acceptors (Lipinski definition) is 5. The Bertz CT molecular complexity index is 777.